The number of esters is 2. The Labute approximate surface area is 169 Å². The van der Waals surface area contributed by atoms with Gasteiger partial charge in [0.25, 0.3) is 0 Å². The average Bonchev–Trinajstić information content (AvgIpc) is 2.68. The number of carbonyl (C=O) groups is 2. The van der Waals surface area contributed by atoms with Crippen LogP contribution in [0.2, 0.25) is 0 Å². The summed E-state index contributed by atoms with van der Waals surface area (Å²) in [6, 6.07) is 0. The molecule has 0 aromatic heterocycles. The van der Waals surface area contributed by atoms with Gasteiger partial charge in [-0.3, -0.25) is 9.59 Å². The zero-order valence-electron chi connectivity index (χ0n) is 17.6. The fraction of sp³-hybridized carbons (Fsp3) is 0.900. The van der Waals surface area contributed by atoms with Crippen LogP contribution in [0, 0.1) is 0 Å². The molecule has 166 valence electrons. The van der Waals surface area contributed by atoms with Gasteiger partial charge in [0.05, 0.1) is 65.9 Å². The molecule has 0 saturated carbocycles. The summed E-state index contributed by atoms with van der Waals surface area (Å²) in [6.45, 7) is 8.03. The van der Waals surface area contributed by atoms with Crippen molar-refractivity contribution in [1.82, 2.24) is 0 Å². The van der Waals surface area contributed by atoms with E-state index in [0.29, 0.717) is 65.9 Å². The first-order valence-electron chi connectivity index (χ1n) is 10.3. The van der Waals surface area contributed by atoms with Crippen LogP contribution in [0.5, 0.6) is 0 Å². The van der Waals surface area contributed by atoms with Gasteiger partial charge in [-0.05, 0) is 13.3 Å². The zero-order chi connectivity index (χ0) is 20.7. The van der Waals surface area contributed by atoms with E-state index in [2.05, 4.69) is 6.92 Å². The Kier molecular flexibility index (Phi) is 21.1. The second-order valence-corrected chi connectivity index (χ2v) is 6.04. The van der Waals surface area contributed by atoms with Crippen LogP contribution in [0.4, 0.5) is 0 Å². The minimum Gasteiger partial charge on any atom is -0.466 e. The summed E-state index contributed by atoms with van der Waals surface area (Å²) in [6.07, 6.45) is 5.03. The molecule has 0 aliphatic rings. The predicted octanol–water partition coefficient (Wildman–Crippen LogP) is 2.52. The summed E-state index contributed by atoms with van der Waals surface area (Å²) in [4.78, 5) is 22.5. The van der Waals surface area contributed by atoms with Crippen LogP contribution in [0.3, 0.4) is 0 Å². The second kappa shape index (κ2) is 22.1. The van der Waals surface area contributed by atoms with Gasteiger partial charge in [-0.1, -0.05) is 26.2 Å². The molecule has 0 amide bonds. The van der Waals surface area contributed by atoms with Crippen LogP contribution in [-0.2, 0) is 38.0 Å². The van der Waals surface area contributed by atoms with E-state index in [4.69, 9.17) is 28.4 Å². The van der Waals surface area contributed by atoms with Crippen molar-refractivity contribution in [3.63, 3.8) is 0 Å². The highest BCUT2D eigenvalue weighted by Crippen LogP contribution is 2.03. The number of unbranched alkanes of at least 4 members (excludes halogenated alkanes) is 3. The molecule has 0 heterocycles. The van der Waals surface area contributed by atoms with E-state index < -0.39 is 0 Å². The van der Waals surface area contributed by atoms with Crippen LogP contribution in [0.15, 0.2) is 0 Å². The lowest BCUT2D eigenvalue weighted by Gasteiger charge is -2.08. The lowest BCUT2D eigenvalue weighted by Crippen LogP contribution is -2.15. The van der Waals surface area contributed by atoms with E-state index in [1.807, 2.05) is 0 Å². The fourth-order valence-electron chi connectivity index (χ4n) is 2.13. The number of carbonyl (C=O) groups excluding carboxylic acids is 2. The molecule has 0 rings (SSSR count). The van der Waals surface area contributed by atoms with Crippen LogP contribution in [0.25, 0.3) is 0 Å². The molecule has 0 bridgehead atoms. The fourth-order valence-corrected chi connectivity index (χ4v) is 2.13. The summed E-state index contributed by atoms with van der Waals surface area (Å²) in [7, 11) is 0. The van der Waals surface area contributed by atoms with Crippen molar-refractivity contribution in [2.75, 3.05) is 66.1 Å². The molecule has 0 aliphatic carbocycles. The predicted molar refractivity (Wildman–Crippen MR) is 104 cm³/mol. The van der Waals surface area contributed by atoms with Crippen molar-refractivity contribution in [2.45, 2.75) is 52.4 Å². The van der Waals surface area contributed by atoms with E-state index in [1.54, 1.807) is 6.92 Å². The normalized spacial score (nSPS) is 10.8. The third kappa shape index (κ3) is 21.1. The highest BCUT2D eigenvalue weighted by atomic mass is 16.6. The van der Waals surface area contributed by atoms with E-state index in [1.165, 1.54) is 0 Å². The SMILES string of the molecule is CCCCCCC(=O)OCCOCCOCCOCCOCCC(=O)OCC. The van der Waals surface area contributed by atoms with Gasteiger partial charge >= 0.3 is 11.9 Å². The maximum absolute atomic E-state index is 11.4. The average molecular weight is 407 g/mol. The van der Waals surface area contributed by atoms with Gasteiger partial charge in [-0.25, -0.2) is 0 Å². The van der Waals surface area contributed by atoms with E-state index in [-0.39, 0.29) is 25.0 Å². The molecule has 28 heavy (non-hydrogen) atoms. The van der Waals surface area contributed by atoms with Crippen molar-refractivity contribution in [3.8, 4) is 0 Å². The van der Waals surface area contributed by atoms with Gasteiger partial charge < -0.3 is 28.4 Å². The van der Waals surface area contributed by atoms with Crippen molar-refractivity contribution < 1.29 is 38.0 Å². The highest BCUT2D eigenvalue weighted by molar-refractivity contribution is 5.69. The molecule has 8 heteroatoms. The monoisotopic (exact) mass is 406 g/mol. The Bertz CT molecular complexity index is 362. The Morgan fingerprint density at radius 3 is 1.57 bits per heavy atom. The number of ether oxygens (including phenoxy) is 6. The van der Waals surface area contributed by atoms with Crippen molar-refractivity contribution in [3.05, 3.63) is 0 Å². The summed E-state index contributed by atoms with van der Waals surface area (Å²) < 4.78 is 31.2. The molecular weight excluding hydrogens is 368 g/mol. The summed E-state index contributed by atoms with van der Waals surface area (Å²) in [5.74, 6) is -0.405. The standard InChI is InChI=1S/C20H38O8/c1-3-5-6-7-8-19(21)28-18-17-26-16-15-25-14-13-24-12-11-23-10-9-20(22)27-4-2/h3-18H2,1-2H3. The van der Waals surface area contributed by atoms with E-state index in [0.717, 1.165) is 25.7 Å². The first-order chi connectivity index (χ1) is 13.7. The smallest absolute Gasteiger partial charge is 0.308 e. The molecule has 0 spiro atoms. The van der Waals surface area contributed by atoms with Gasteiger partial charge in [-0.2, -0.15) is 0 Å². The third-order valence-corrected chi connectivity index (χ3v) is 3.60. The quantitative estimate of drug-likeness (QED) is 0.212. The van der Waals surface area contributed by atoms with Gasteiger partial charge in [0.15, 0.2) is 0 Å². The topological polar surface area (TPSA) is 89.5 Å². The molecule has 0 aliphatic heterocycles. The number of hydrogen-bond donors (Lipinski definition) is 0. The van der Waals surface area contributed by atoms with Gasteiger partial charge in [-0.15, -0.1) is 0 Å². The maximum Gasteiger partial charge on any atom is 0.308 e. The molecule has 8 nitrogen and oxygen atoms in total. The Hall–Kier alpha value is -1.22. The summed E-state index contributed by atoms with van der Waals surface area (Å²) >= 11 is 0. The zero-order valence-corrected chi connectivity index (χ0v) is 17.6. The van der Waals surface area contributed by atoms with Gasteiger partial charge in [0.2, 0.25) is 0 Å². The molecule has 0 aromatic carbocycles. The van der Waals surface area contributed by atoms with Crippen LogP contribution < -0.4 is 0 Å². The van der Waals surface area contributed by atoms with Crippen LogP contribution in [0.1, 0.15) is 52.4 Å². The van der Waals surface area contributed by atoms with E-state index >= 15 is 0 Å². The molecule has 0 aromatic rings. The minimum absolute atomic E-state index is 0.155. The van der Waals surface area contributed by atoms with Crippen molar-refractivity contribution >= 4 is 11.9 Å². The number of rotatable bonds is 21. The van der Waals surface area contributed by atoms with Crippen LogP contribution >= 0.6 is 0 Å². The van der Waals surface area contributed by atoms with Crippen molar-refractivity contribution in [2.24, 2.45) is 0 Å². The molecule has 0 saturated heterocycles. The van der Waals surface area contributed by atoms with Gasteiger partial charge in [0.1, 0.15) is 6.61 Å². The van der Waals surface area contributed by atoms with Crippen molar-refractivity contribution in [1.29, 1.82) is 0 Å². The summed E-state index contributed by atoms with van der Waals surface area (Å²) in [5.41, 5.74) is 0. The number of hydrogen-bond acceptors (Lipinski definition) is 8. The molecule has 0 fully saturated rings. The third-order valence-electron chi connectivity index (χ3n) is 3.60. The molecule has 0 atom stereocenters. The largest absolute Gasteiger partial charge is 0.466 e. The molecule has 0 unspecified atom stereocenters. The highest BCUT2D eigenvalue weighted by Gasteiger charge is 2.02. The lowest BCUT2D eigenvalue weighted by atomic mass is 10.2. The molecule has 0 N–H and O–H groups in total. The minimum atomic E-state index is -0.250. The molecule has 0 radical (unpaired) electrons. The van der Waals surface area contributed by atoms with Gasteiger partial charge in [0, 0.05) is 6.42 Å². The Morgan fingerprint density at radius 2 is 1.04 bits per heavy atom. The second-order valence-electron chi connectivity index (χ2n) is 6.04. The first-order valence-corrected chi connectivity index (χ1v) is 10.3. The Balaban J connectivity index is 3.14. The van der Waals surface area contributed by atoms with E-state index in [9.17, 15) is 9.59 Å². The maximum atomic E-state index is 11.4. The first kappa shape index (κ1) is 26.8. The van der Waals surface area contributed by atoms with Crippen LogP contribution in [-0.4, -0.2) is 78.0 Å². The molecular formula is C20H38O8. The lowest BCUT2D eigenvalue weighted by molar-refractivity contribution is -0.146. The summed E-state index contributed by atoms with van der Waals surface area (Å²) in [5, 5.41) is 0. The Morgan fingerprint density at radius 1 is 0.536 bits per heavy atom.